The van der Waals surface area contributed by atoms with E-state index in [-0.39, 0.29) is 4.90 Å². The molecule has 0 saturated carbocycles. The van der Waals surface area contributed by atoms with Gasteiger partial charge in [0.15, 0.2) is 0 Å². The third kappa shape index (κ3) is 2.65. The predicted molar refractivity (Wildman–Crippen MR) is 59.6 cm³/mol. The van der Waals surface area contributed by atoms with E-state index in [0.29, 0.717) is 13.0 Å². The average molecular weight is 258 g/mol. The van der Waals surface area contributed by atoms with Gasteiger partial charge in [0.25, 0.3) is 0 Å². The van der Waals surface area contributed by atoms with Gasteiger partial charge < -0.3 is 0 Å². The zero-order valence-electron chi connectivity index (χ0n) is 8.25. The number of aromatic nitrogens is 3. The van der Waals surface area contributed by atoms with Crippen molar-refractivity contribution < 1.29 is 8.42 Å². The summed E-state index contributed by atoms with van der Waals surface area (Å²) in [5.74, 6) is 0. The molecule has 8 heteroatoms. The Morgan fingerprint density at radius 1 is 1.50 bits per heavy atom. The monoisotopic (exact) mass is 258 g/mol. The summed E-state index contributed by atoms with van der Waals surface area (Å²) >= 11 is 1.49. The Hall–Kier alpha value is -1.25. The standard InChI is InChI=1S/C8H10N4O2S2/c13-16(14,8-3-10-11-4-8)12-2-1-7-5-15-6-9-7/h3-6,12H,1-2H2,(H,10,11). The molecular weight excluding hydrogens is 248 g/mol. The molecule has 0 spiro atoms. The fraction of sp³-hybridized carbons (Fsp3) is 0.250. The van der Waals surface area contributed by atoms with Crippen LogP contribution in [0.15, 0.2) is 28.2 Å². The number of aromatic amines is 1. The zero-order valence-corrected chi connectivity index (χ0v) is 9.88. The van der Waals surface area contributed by atoms with E-state index in [1.807, 2.05) is 5.38 Å². The Morgan fingerprint density at radius 2 is 2.38 bits per heavy atom. The van der Waals surface area contributed by atoms with Crippen LogP contribution in [0.2, 0.25) is 0 Å². The maximum absolute atomic E-state index is 11.6. The Kier molecular flexibility index (Phi) is 3.32. The normalized spacial score (nSPS) is 11.8. The van der Waals surface area contributed by atoms with Gasteiger partial charge in [-0.1, -0.05) is 0 Å². The van der Waals surface area contributed by atoms with Crippen LogP contribution in [0, 0.1) is 0 Å². The highest BCUT2D eigenvalue weighted by Gasteiger charge is 2.14. The molecule has 86 valence electrons. The van der Waals surface area contributed by atoms with Gasteiger partial charge in [0, 0.05) is 24.5 Å². The minimum atomic E-state index is -3.44. The van der Waals surface area contributed by atoms with Crippen LogP contribution in [0.25, 0.3) is 0 Å². The predicted octanol–water partition coefficient (Wildman–Crippen LogP) is 0.387. The second kappa shape index (κ2) is 4.73. The van der Waals surface area contributed by atoms with Crippen molar-refractivity contribution >= 4 is 21.4 Å². The Morgan fingerprint density at radius 3 is 3.00 bits per heavy atom. The minimum Gasteiger partial charge on any atom is -0.284 e. The van der Waals surface area contributed by atoms with Crippen LogP contribution < -0.4 is 4.72 Å². The van der Waals surface area contributed by atoms with Crippen LogP contribution in [-0.4, -0.2) is 30.1 Å². The molecule has 16 heavy (non-hydrogen) atoms. The first-order valence-electron chi connectivity index (χ1n) is 4.54. The minimum absolute atomic E-state index is 0.144. The van der Waals surface area contributed by atoms with Crippen LogP contribution in [0.1, 0.15) is 5.69 Å². The molecule has 0 saturated heterocycles. The first-order valence-corrected chi connectivity index (χ1v) is 6.96. The van der Waals surface area contributed by atoms with Gasteiger partial charge in [-0.15, -0.1) is 11.3 Å². The molecule has 0 atom stereocenters. The summed E-state index contributed by atoms with van der Waals surface area (Å²) in [6.45, 7) is 0.331. The summed E-state index contributed by atoms with van der Waals surface area (Å²) < 4.78 is 25.7. The van der Waals surface area contributed by atoms with Crippen LogP contribution in [0.4, 0.5) is 0 Å². The molecule has 0 aromatic carbocycles. The summed E-state index contributed by atoms with van der Waals surface area (Å²) in [5, 5.41) is 7.95. The lowest BCUT2D eigenvalue weighted by Crippen LogP contribution is -2.25. The van der Waals surface area contributed by atoms with Crippen molar-refractivity contribution in [2.75, 3.05) is 6.54 Å². The number of sulfonamides is 1. The molecule has 2 rings (SSSR count). The number of nitrogens with one attached hydrogen (secondary N) is 2. The van der Waals surface area contributed by atoms with Gasteiger partial charge in [-0.05, 0) is 0 Å². The highest BCUT2D eigenvalue weighted by atomic mass is 32.2. The number of thiazole rings is 1. The van der Waals surface area contributed by atoms with E-state index in [1.165, 1.54) is 23.7 Å². The summed E-state index contributed by atoms with van der Waals surface area (Å²) in [6, 6.07) is 0. The number of hydrogen-bond donors (Lipinski definition) is 2. The zero-order chi connectivity index (χ0) is 11.4. The maximum Gasteiger partial charge on any atom is 0.243 e. The number of nitrogens with zero attached hydrogens (tertiary/aromatic N) is 2. The molecule has 0 amide bonds. The largest absolute Gasteiger partial charge is 0.284 e. The van der Waals surface area contributed by atoms with Crippen molar-refractivity contribution in [3.63, 3.8) is 0 Å². The van der Waals surface area contributed by atoms with Crippen LogP contribution in [0.3, 0.4) is 0 Å². The third-order valence-corrected chi connectivity index (χ3v) is 4.00. The van der Waals surface area contributed by atoms with E-state index in [9.17, 15) is 8.42 Å². The molecule has 6 nitrogen and oxygen atoms in total. The number of H-pyrrole nitrogens is 1. The molecule has 0 bridgehead atoms. The number of hydrogen-bond acceptors (Lipinski definition) is 5. The van der Waals surface area contributed by atoms with Crippen LogP contribution in [0.5, 0.6) is 0 Å². The summed E-state index contributed by atoms with van der Waals surface area (Å²) in [6.07, 6.45) is 3.19. The third-order valence-electron chi connectivity index (χ3n) is 1.94. The van der Waals surface area contributed by atoms with E-state index >= 15 is 0 Å². The lowest BCUT2D eigenvalue weighted by molar-refractivity contribution is 0.581. The molecule has 0 fully saturated rings. The molecule has 2 aromatic heterocycles. The van der Waals surface area contributed by atoms with Gasteiger partial charge in [0.05, 0.1) is 17.4 Å². The Balaban J connectivity index is 1.91. The molecule has 2 aromatic rings. The second-order valence-electron chi connectivity index (χ2n) is 3.06. The van der Waals surface area contributed by atoms with E-state index < -0.39 is 10.0 Å². The van der Waals surface area contributed by atoms with Gasteiger partial charge in [0.1, 0.15) is 4.90 Å². The van der Waals surface area contributed by atoms with E-state index in [0.717, 1.165) is 5.69 Å². The van der Waals surface area contributed by atoms with E-state index in [4.69, 9.17) is 0 Å². The highest BCUT2D eigenvalue weighted by Crippen LogP contribution is 2.05. The summed E-state index contributed by atoms with van der Waals surface area (Å²) in [5.41, 5.74) is 2.61. The van der Waals surface area contributed by atoms with Crippen molar-refractivity contribution in [2.24, 2.45) is 0 Å². The molecule has 0 aliphatic rings. The first-order chi connectivity index (χ1) is 7.68. The second-order valence-corrected chi connectivity index (χ2v) is 5.55. The van der Waals surface area contributed by atoms with Gasteiger partial charge >= 0.3 is 0 Å². The molecule has 0 aliphatic carbocycles. The smallest absolute Gasteiger partial charge is 0.243 e. The molecule has 0 unspecified atom stereocenters. The van der Waals surface area contributed by atoms with Gasteiger partial charge in [0.2, 0.25) is 10.0 Å². The fourth-order valence-electron chi connectivity index (χ4n) is 1.14. The summed E-state index contributed by atoms with van der Waals surface area (Å²) in [4.78, 5) is 4.21. The molecule has 0 aliphatic heterocycles. The number of rotatable bonds is 5. The average Bonchev–Trinajstić information content (AvgIpc) is 2.90. The van der Waals surface area contributed by atoms with E-state index in [1.54, 1.807) is 5.51 Å². The molecule has 2 N–H and O–H groups in total. The lowest BCUT2D eigenvalue weighted by Gasteiger charge is -2.02. The van der Waals surface area contributed by atoms with Crippen molar-refractivity contribution in [2.45, 2.75) is 11.3 Å². The SMILES string of the molecule is O=S(=O)(NCCc1cscn1)c1cn[nH]c1. The fourth-order valence-corrected chi connectivity index (χ4v) is 2.67. The van der Waals surface area contributed by atoms with E-state index in [2.05, 4.69) is 19.9 Å². The van der Waals surface area contributed by atoms with Crippen molar-refractivity contribution in [1.29, 1.82) is 0 Å². The maximum atomic E-state index is 11.6. The van der Waals surface area contributed by atoms with Crippen molar-refractivity contribution in [3.8, 4) is 0 Å². The van der Waals surface area contributed by atoms with Gasteiger partial charge in [-0.25, -0.2) is 18.1 Å². The molecule has 2 heterocycles. The quantitative estimate of drug-likeness (QED) is 0.812. The lowest BCUT2D eigenvalue weighted by atomic mass is 10.3. The highest BCUT2D eigenvalue weighted by molar-refractivity contribution is 7.89. The van der Waals surface area contributed by atoms with Crippen LogP contribution in [-0.2, 0) is 16.4 Å². The van der Waals surface area contributed by atoms with Gasteiger partial charge in [-0.2, -0.15) is 5.10 Å². The Bertz CT molecular complexity index is 518. The van der Waals surface area contributed by atoms with Gasteiger partial charge in [-0.3, -0.25) is 5.10 Å². The molecular formula is C8H10N4O2S2. The molecule has 0 radical (unpaired) electrons. The van der Waals surface area contributed by atoms with Crippen molar-refractivity contribution in [1.82, 2.24) is 19.9 Å². The topological polar surface area (TPSA) is 87.7 Å². The summed E-state index contributed by atoms with van der Waals surface area (Å²) in [7, 11) is -3.44. The Labute approximate surface area is 96.8 Å². The van der Waals surface area contributed by atoms with Crippen LogP contribution >= 0.6 is 11.3 Å². The van der Waals surface area contributed by atoms with Crippen molar-refractivity contribution in [3.05, 3.63) is 29.0 Å². The first kappa shape index (κ1) is 11.2.